The maximum Gasteiger partial charge on any atom is 0.472 e. The monoisotopic (exact) mass is 1460 g/mol. The molecule has 5 rings (SSSR count). The third-order valence-electron chi connectivity index (χ3n) is 17.4. The SMILES string of the molecule is [3H]P(=C)(O)O[C@H]1[C@H]2OC(C)[C@]1(COP(=O)(O)OCCCNC(=O)CCCC(=O)NC(COCCC(=O)NCCCO[C@@H]1OC(CO)[C@H](O)[C@H](O)C1C)(COCCC(=O)NCCCO[C@@H]1OC(CO)[C@H](O)[C@H](O)C1C)COCCC(=O)NCCCO[C@@H]1OC(CO)[C@H](O)[C@H](O)C1C)O[C@H]2C. The van der Waals surface area contributed by atoms with E-state index in [1.807, 2.05) is 0 Å². The van der Waals surface area contributed by atoms with E-state index in [1.54, 1.807) is 34.6 Å². The van der Waals surface area contributed by atoms with E-state index in [4.69, 9.17) is 67.0 Å². The second-order valence-electron chi connectivity index (χ2n) is 25.2. The average molecular weight is 1460 g/mol. The van der Waals surface area contributed by atoms with Gasteiger partial charge in [-0.25, -0.2) is 4.57 Å². The molecule has 2 bridgehead atoms. The molecular weight excluding hydrogens is 1350 g/mol. The summed E-state index contributed by atoms with van der Waals surface area (Å²) in [6, 6.07) is 0. The molecule has 0 aromatic heterocycles. The molecule has 0 aromatic carbocycles. The highest BCUT2D eigenvalue weighted by molar-refractivity contribution is 7.47. The quantitative estimate of drug-likeness (QED) is 0.0202. The van der Waals surface area contributed by atoms with Crippen LogP contribution in [0.1, 0.15) is 98.8 Å². The molecule has 0 spiro atoms. The number of phosphoric acid groups is 1. The second-order valence-corrected chi connectivity index (χ2v) is 27.6. The lowest BCUT2D eigenvalue weighted by Gasteiger charge is -2.40. The Morgan fingerprint density at radius 2 is 0.898 bits per heavy atom. The lowest BCUT2D eigenvalue weighted by molar-refractivity contribution is -0.282. The number of ether oxygens (including phenoxy) is 11. The molecule has 9 unspecified atom stereocenters. The van der Waals surface area contributed by atoms with Crippen LogP contribution in [-0.4, -0.2) is 321 Å². The van der Waals surface area contributed by atoms with Crippen LogP contribution in [0.2, 0.25) is 0 Å². The molecule has 38 heteroatoms. The predicted molar refractivity (Wildman–Crippen MR) is 342 cm³/mol. The Hall–Kier alpha value is -3.12. The molecule has 570 valence electrons. The number of phosphoric ester groups is 1. The van der Waals surface area contributed by atoms with E-state index in [0.29, 0.717) is 19.3 Å². The Balaban J connectivity index is 1.15. The van der Waals surface area contributed by atoms with Crippen molar-refractivity contribution in [2.75, 3.05) is 119 Å². The lowest BCUT2D eigenvalue weighted by atomic mass is 9.92. The van der Waals surface area contributed by atoms with E-state index in [2.05, 4.69) is 32.9 Å². The number of aliphatic hydroxyl groups excluding tert-OH is 9. The zero-order valence-corrected chi connectivity index (χ0v) is 58.2. The summed E-state index contributed by atoms with van der Waals surface area (Å²) in [6.45, 7) is 4.83. The maximum atomic E-state index is 13.9. The summed E-state index contributed by atoms with van der Waals surface area (Å²) < 4.78 is 101. The molecular formula is C60H109N5O31P2. The highest BCUT2D eigenvalue weighted by Crippen LogP contribution is 2.52. The first-order chi connectivity index (χ1) is 46.9. The van der Waals surface area contributed by atoms with Gasteiger partial charge in [0, 0.05) is 76.0 Å². The molecule has 0 aromatic rings. The van der Waals surface area contributed by atoms with Crippen LogP contribution in [0.25, 0.3) is 0 Å². The minimum Gasteiger partial charge on any atom is -0.394 e. The average Bonchev–Trinajstić information content (AvgIpc) is 1.57. The van der Waals surface area contributed by atoms with Gasteiger partial charge in [-0.15, -0.1) is 0 Å². The first-order valence-corrected chi connectivity index (χ1v) is 36.3. The molecule has 5 saturated heterocycles. The fourth-order valence-electron chi connectivity index (χ4n) is 11.5. The van der Waals surface area contributed by atoms with Gasteiger partial charge in [0.2, 0.25) is 29.5 Å². The zero-order valence-electron chi connectivity index (χ0n) is 57.5. The Kier molecular flexibility index (Phi) is 37.0. The molecule has 0 aliphatic carbocycles. The van der Waals surface area contributed by atoms with Crippen molar-refractivity contribution in [2.45, 2.75) is 208 Å². The van der Waals surface area contributed by atoms with Gasteiger partial charge in [-0.2, -0.15) is 0 Å². The van der Waals surface area contributed by atoms with Gasteiger partial charge in [0.15, 0.2) is 18.9 Å². The van der Waals surface area contributed by atoms with Crippen molar-refractivity contribution >= 4 is 51.6 Å². The highest BCUT2D eigenvalue weighted by Gasteiger charge is 2.66. The molecule has 16 N–H and O–H groups in total. The van der Waals surface area contributed by atoms with Gasteiger partial charge in [-0.05, 0) is 46.0 Å². The normalized spacial score (nSPS) is 33.6. The lowest BCUT2D eigenvalue weighted by Crippen LogP contribution is -2.58. The smallest absolute Gasteiger partial charge is 0.394 e. The Morgan fingerprint density at radius 3 is 1.28 bits per heavy atom. The fourth-order valence-corrected chi connectivity index (χ4v) is 12.8. The van der Waals surface area contributed by atoms with Crippen molar-refractivity contribution in [3.05, 3.63) is 0 Å². The highest BCUT2D eigenvalue weighted by atomic mass is 31.2. The van der Waals surface area contributed by atoms with E-state index in [0.717, 1.165) is 0 Å². The first-order valence-electron chi connectivity index (χ1n) is 33.8. The zero-order chi connectivity index (χ0) is 73.1. The summed E-state index contributed by atoms with van der Waals surface area (Å²) in [5.41, 5.74) is -3.00. The van der Waals surface area contributed by atoms with Gasteiger partial charge >= 0.3 is 7.82 Å². The van der Waals surface area contributed by atoms with Crippen molar-refractivity contribution in [1.82, 2.24) is 26.6 Å². The minimum absolute atomic E-state index is 0.00653. The number of rotatable bonds is 48. The van der Waals surface area contributed by atoms with Gasteiger partial charge in [0.1, 0.15) is 69.2 Å². The summed E-state index contributed by atoms with van der Waals surface area (Å²) in [5, 5.41) is 104. The summed E-state index contributed by atoms with van der Waals surface area (Å²) in [7, 11) is -8.51. The number of nitrogens with one attached hydrogen (secondary N) is 5. The molecule has 22 atom stereocenters. The van der Waals surface area contributed by atoms with Gasteiger partial charge < -0.3 is 139 Å². The van der Waals surface area contributed by atoms with E-state index >= 15 is 0 Å². The van der Waals surface area contributed by atoms with Crippen molar-refractivity contribution in [1.29, 1.82) is 1.28 Å². The molecule has 98 heavy (non-hydrogen) atoms. The molecule has 36 nitrogen and oxygen atoms in total. The van der Waals surface area contributed by atoms with Crippen molar-refractivity contribution in [2.24, 2.45) is 17.8 Å². The number of carbonyl (C=O) groups is 5. The first kappa shape index (κ1) is 83.8. The fraction of sp³-hybridized carbons (Fsp3) is 0.900. The van der Waals surface area contributed by atoms with Gasteiger partial charge in [0.05, 0.1) is 123 Å². The van der Waals surface area contributed by atoms with E-state index < -0.39 is 199 Å². The third-order valence-corrected chi connectivity index (χ3v) is 18.8. The van der Waals surface area contributed by atoms with Crippen LogP contribution < -0.4 is 26.6 Å². The topological polar surface area (TPSA) is 514 Å². The van der Waals surface area contributed by atoms with Crippen molar-refractivity contribution < 1.29 is 150 Å². The number of hydrogen-bond donors (Lipinski definition) is 16. The molecule has 5 aliphatic heterocycles. The number of hydrogen-bond acceptors (Lipinski definition) is 30. The van der Waals surface area contributed by atoms with Crippen LogP contribution in [0.4, 0.5) is 0 Å². The molecule has 5 heterocycles. The van der Waals surface area contributed by atoms with Gasteiger partial charge in [0.25, 0.3) is 0 Å². The van der Waals surface area contributed by atoms with E-state index in [9.17, 15) is 84.3 Å². The Labute approximate surface area is 572 Å². The molecule has 0 radical (unpaired) electrons. The van der Waals surface area contributed by atoms with Gasteiger partial charge in [-0.1, -0.05) is 27.1 Å². The standard InChI is InChI=1S/C60H109N5O31P2/c1-35-48(74)51(77)40(28-66)92-56(35)86-21-8-17-62-44(70)14-25-83-31-59(32-84-26-15-45(71)63-18-9-22-87-57-36(2)49(75)52(78)41(29-67)93-57,33-85-27-16-46(72)64-19-10-23-88-58-37(3)50(76)53(79)42(30-68)94-58)65-47(73)13-7-12-43(69)61-20-11-24-89-98(81,82)90-34-60-39(5)91-54(38(4)95-60)55(60)96-97(6)80/h35-42,48-58,66-68,74-80,97H,6-34H2,1-5H3,(H,61,69)(H,62,70)(H,63,71)(H,64,72)(H,65,73)(H,81,82)/t35?,36?,37?,38-,39?,40?,41?,42?,48+,49+,50+,51-,52-,53-,54-,55-,56+,57+,58+,59?,60-/m0/s1/i97T. The summed E-state index contributed by atoms with van der Waals surface area (Å²) in [4.78, 5) is 86.5. The minimum atomic E-state index is -4.72. The van der Waals surface area contributed by atoms with Crippen molar-refractivity contribution in [3.63, 3.8) is 0 Å². The number of aliphatic hydroxyl groups is 9. The number of amides is 5. The van der Waals surface area contributed by atoms with Gasteiger partial charge in [-0.3, -0.25) is 33.0 Å². The molecule has 0 saturated carbocycles. The third kappa shape index (κ3) is 26.9. The molecule has 5 amide bonds. The number of fused-ring (bicyclic) bond motifs is 2. The summed E-state index contributed by atoms with van der Waals surface area (Å²) >= 11 is 0. The largest absolute Gasteiger partial charge is 0.472 e. The van der Waals surface area contributed by atoms with E-state index in [-0.39, 0.29) is 137 Å². The maximum absolute atomic E-state index is 13.9. The van der Waals surface area contributed by atoms with Crippen LogP contribution in [0.3, 0.4) is 0 Å². The van der Waals surface area contributed by atoms with Crippen LogP contribution in [0.5, 0.6) is 0 Å². The van der Waals surface area contributed by atoms with Crippen LogP contribution in [-0.2, 0) is 94.2 Å². The summed E-state index contributed by atoms with van der Waals surface area (Å²) in [5.74, 6) is -4.17. The Morgan fingerprint density at radius 1 is 0.531 bits per heavy atom. The predicted octanol–water partition coefficient (Wildman–Crippen LogP) is -4.54. The summed E-state index contributed by atoms with van der Waals surface area (Å²) in [6.07, 6.45) is -12.9. The van der Waals surface area contributed by atoms with Crippen LogP contribution in [0, 0.1) is 17.8 Å². The molecule has 5 aliphatic rings. The van der Waals surface area contributed by atoms with Crippen molar-refractivity contribution in [3.8, 4) is 0 Å². The molecule has 5 fully saturated rings. The number of carbonyl (C=O) groups excluding carboxylic acids is 5. The second kappa shape index (κ2) is 43.2. The van der Waals surface area contributed by atoms with Crippen LogP contribution >= 0.6 is 15.8 Å². The Bertz CT molecular complexity index is 2380. The van der Waals surface area contributed by atoms with E-state index in [1.165, 1.54) is 0 Å². The van der Waals surface area contributed by atoms with Crippen LogP contribution in [0.15, 0.2) is 0 Å².